The van der Waals surface area contributed by atoms with Crippen molar-refractivity contribution in [2.24, 2.45) is 0 Å². The molecule has 8 heteroatoms. The molecule has 0 bridgehead atoms. The monoisotopic (exact) mass is 430 g/mol. The summed E-state index contributed by atoms with van der Waals surface area (Å²) in [4.78, 5) is 18.8. The second kappa shape index (κ2) is 9.49. The number of H-pyrrole nitrogens is 1. The number of imidazole rings is 1. The van der Waals surface area contributed by atoms with Gasteiger partial charge in [0.1, 0.15) is 18.2 Å². The molecule has 0 fully saturated rings. The van der Waals surface area contributed by atoms with E-state index in [4.69, 9.17) is 20.2 Å². The van der Waals surface area contributed by atoms with E-state index in [0.29, 0.717) is 18.2 Å². The number of nitrogen functional groups attached to an aromatic ring is 1. The fourth-order valence-electron chi connectivity index (χ4n) is 3.25. The number of aromatic amines is 1. The minimum absolute atomic E-state index is 0.339. The zero-order valence-electron chi connectivity index (χ0n) is 18.4. The van der Waals surface area contributed by atoms with Gasteiger partial charge in [-0.25, -0.2) is 9.97 Å². The molecule has 4 aromatic rings. The minimum Gasteiger partial charge on any atom is -0.493 e. The Balaban J connectivity index is 1.70. The Hall–Kier alpha value is -3.91. The van der Waals surface area contributed by atoms with E-state index in [2.05, 4.69) is 19.9 Å². The normalized spacial score (nSPS) is 11.0. The quantitative estimate of drug-likeness (QED) is 0.439. The molecule has 0 aliphatic rings. The van der Waals surface area contributed by atoms with E-state index in [0.717, 1.165) is 46.2 Å². The third kappa shape index (κ3) is 4.70. The second-order valence-electron chi connectivity index (χ2n) is 7.53. The number of nitrogens with zero attached hydrogens (tertiary/aromatic N) is 4. The SMILES string of the molecule is COc1cc(-c2[nH]c(-c3ccc(OCCN(C)C)cc3)nc2-c2ccncc2)cnc1N. The zero-order chi connectivity index (χ0) is 22.5. The number of pyridine rings is 2. The zero-order valence-corrected chi connectivity index (χ0v) is 18.4. The molecule has 32 heavy (non-hydrogen) atoms. The van der Waals surface area contributed by atoms with Crippen molar-refractivity contribution < 1.29 is 9.47 Å². The summed E-state index contributed by atoms with van der Waals surface area (Å²) in [7, 11) is 5.61. The first kappa shape index (κ1) is 21.3. The van der Waals surface area contributed by atoms with Gasteiger partial charge in [-0.3, -0.25) is 4.98 Å². The van der Waals surface area contributed by atoms with Gasteiger partial charge in [0.25, 0.3) is 0 Å². The molecule has 3 heterocycles. The number of anilines is 1. The molecule has 0 amide bonds. The van der Waals surface area contributed by atoms with Crippen molar-refractivity contribution in [2.45, 2.75) is 0 Å². The van der Waals surface area contributed by atoms with E-state index in [1.54, 1.807) is 25.7 Å². The molecule has 0 saturated carbocycles. The number of hydrogen-bond donors (Lipinski definition) is 2. The van der Waals surface area contributed by atoms with Crippen molar-refractivity contribution in [2.75, 3.05) is 40.1 Å². The number of nitrogens with one attached hydrogen (secondary N) is 1. The summed E-state index contributed by atoms with van der Waals surface area (Å²) in [5.41, 5.74) is 10.2. The molecule has 164 valence electrons. The first-order valence-electron chi connectivity index (χ1n) is 10.2. The highest BCUT2D eigenvalue weighted by atomic mass is 16.5. The van der Waals surface area contributed by atoms with Crippen molar-refractivity contribution in [3.8, 4) is 45.4 Å². The largest absolute Gasteiger partial charge is 0.493 e. The van der Waals surface area contributed by atoms with E-state index in [1.165, 1.54) is 0 Å². The molecule has 0 unspecified atom stereocenters. The number of likely N-dealkylation sites (N-methyl/N-ethyl adjacent to an activating group) is 1. The molecule has 0 radical (unpaired) electrons. The summed E-state index contributed by atoms with van der Waals surface area (Å²) in [6.45, 7) is 1.49. The van der Waals surface area contributed by atoms with Gasteiger partial charge in [-0.2, -0.15) is 0 Å². The van der Waals surface area contributed by atoms with Crippen LogP contribution in [0.5, 0.6) is 11.5 Å². The van der Waals surface area contributed by atoms with Gasteiger partial charge in [-0.05, 0) is 56.6 Å². The average molecular weight is 431 g/mol. The van der Waals surface area contributed by atoms with Crippen LogP contribution in [0.25, 0.3) is 33.9 Å². The van der Waals surface area contributed by atoms with Crippen LogP contribution in [0.15, 0.2) is 61.1 Å². The predicted octanol–water partition coefficient (Wildman–Crippen LogP) is 3.73. The second-order valence-corrected chi connectivity index (χ2v) is 7.53. The lowest BCUT2D eigenvalue weighted by atomic mass is 10.1. The Morgan fingerprint density at radius 2 is 1.75 bits per heavy atom. The van der Waals surface area contributed by atoms with Gasteiger partial charge in [0.05, 0.1) is 18.5 Å². The predicted molar refractivity (Wildman–Crippen MR) is 125 cm³/mol. The molecule has 0 spiro atoms. The molecule has 1 aromatic carbocycles. The molecular formula is C24H26N6O2. The van der Waals surface area contributed by atoms with Crippen LogP contribution in [0.4, 0.5) is 5.82 Å². The molecule has 0 aliphatic heterocycles. The average Bonchev–Trinajstić information content (AvgIpc) is 3.26. The first-order chi connectivity index (χ1) is 15.5. The number of hydrogen-bond acceptors (Lipinski definition) is 7. The Bertz CT molecular complexity index is 1170. The lowest BCUT2D eigenvalue weighted by molar-refractivity contribution is 0.261. The molecule has 3 aromatic heterocycles. The number of nitrogens with two attached hydrogens (primary N) is 1. The fraction of sp³-hybridized carbons (Fsp3) is 0.208. The van der Waals surface area contributed by atoms with Gasteiger partial charge in [0.15, 0.2) is 11.6 Å². The molecule has 4 rings (SSSR count). The van der Waals surface area contributed by atoms with Gasteiger partial charge in [0.2, 0.25) is 0 Å². The Morgan fingerprint density at radius 1 is 1.00 bits per heavy atom. The highest BCUT2D eigenvalue weighted by molar-refractivity contribution is 5.81. The Labute approximate surface area is 187 Å². The van der Waals surface area contributed by atoms with Gasteiger partial charge in [0, 0.05) is 41.8 Å². The molecule has 0 aliphatic carbocycles. The summed E-state index contributed by atoms with van der Waals surface area (Å²) in [5.74, 6) is 2.41. The lowest BCUT2D eigenvalue weighted by Crippen LogP contribution is -2.19. The van der Waals surface area contributed by atoms with Crippen molar-refractivity contribution >= 4 is 5.82 Å². The topological polar surface area (TPSA) is 102 Å². The third-order valence-electron chi connectivity index (χ3n) is 4.98. The molecule has 0 atom stereocenters. The van der Waals surface area contributed by atoms with E-state index < -0.39 is 0 Å². The van der Waals surface area contributed by atoms with Crippen molar-refractivity contribution in [3.63, 3.8) is 0 Å². The van der Waals surface area contributed by atoms with E-state index in [1.807, 2.05) is 56.6 Å². The van der Waals surface area contributed by atoms with Crippen LogP contribution in [0, 0.1) is 0 Å². The maximum Gasteiger partial charge on any atom is 0.166 e. The van der Waals surface area contributed by atoms with E-state index in [-0.39, 0.29) is 0 Å². The fourth-order valence-corrected chi connectivity index (χ4v) is 3.25. The smallest absolute Gasteiger partial charge is 0.166 e. The van der Waals surface area contributed by atoms with Gasteiger partial charge in [-0.1, -0.05) is 0 Å². The van der Waals surface area contributed by atoms with Crippen LogP contribution >= 0.6 is 0 Å². The third-order valence-corrected chi connectivity index (χ3v) is 4.98. The number of methoxy groups -OCH3 is 1. The Morgan fingerprint density at radius 3 is 2.44 bits per heavy atom. The molecule has 8 nitrogen and oxygen atoms in total. The van der Waals surface area contributed by atoms with Crippen molar-refractivity contribution in [3.05, 3.63) is 61.1 Å². The summed E-state index contributed by atoms with van der Waals surface area (Å²) in [6, 6.07) is 13.6. The van der Waals surface area contributed by atoms with E-state index >= 15 is 0 Å². The highest BCUT2D eigenvalue weighted by Crippen LogP contribution is 2.35. The maximum absolute atomic E-state index is 5.90. The summed E-state index contributed by atoms with van der Waals surface area (Å²) >= 11 is 0. The standard InChI is InChI=1S/C24H26N6O2/c1-30(2)12-13-32-19-6-4-17(5-7-19)24-28-21(16-8-10-26-11-9-16)22(29-24)18-14-20(31-3)23(25)27-15-18/h4-11,14-15H,12-13H2,1-3H3,(H2,25,27)(H,28,29). The van der Waals surface area contributed by atoms with Crippen molar-refractivity contribution in [1.82, 2.24) is 24.8 Å². The van der Waals surface area contributed by atoms with Gasteiger partial charge >= 0.3 is 0 Å². The first-order valence-corrected chi connectivity index (χ1v) is 10.2. The van der Waals surface area contributed by atoms with Gasteiger partial charge in [-0.15, -0.1) is 0 Å². The lowest BCUT2D eigenvalue weighted by Gasteiger charge is -2.11. The molecule has 3 N–H and O–H groups in total. The maximum atomic E-state index is 5.90. The summed E-state index contributed by atoms with van der Waals surface area (Å²) in [6.07, 6.45) is 5.20. The van der Waals surface area contributed by atoms with Crippen LogP contribution in [-0.4, -0.2) is 59.2 Å². The number of aromatic nitrogens is 4. The summed E-state index contributed by atoms with van der Waals surface area (Å²) < 4.78 is 11.2. The molecular weight excluding hydrogens is 404 g/mol. The highest BCUT2D eigenvalue weighted by Gasteiger charge is 2.17. The minimum atomic E-state index is 0.339. The van der Waals surface area contributed by atoms with Crippen molar-refractivity contribution in [1.29, 1.82) is 0 Å². The van der Waals surface area contributed by atoms with Crippen LogP contribution in [0.1, 0.15) is 0 Å². The summed E-state index contributed by atoms with van der Waals surface area (Å²) in [5, 5.41) is 0. The molecule has 0 saturated heterocycles. The van der Waals surface area contributed by atoms with Crippen LogP contribution in [0.3, 0.4) is 0 Å². The number of rotatable bonds is 8. The number of ether oxygens (including phenoxy) is 2. The van der Waals surface area contributed by atoms with Crippen LogP contribution < -0.4 is 15.2 Å². The van der Waals surface area contributed by atoms with E-state index in [9.17, 15) is 0 Å². The van der Waals surface area contributed by atoms with Crippen LogP contribution in [0.2, 0.25) is 0 Å². The Kier molecular flexibility index (Phi) is 6.32. The van der Waals surface area contributed by atoms with Crippen LogP contribution in [-0.2, 0) is 0 Å². The van der Waals surface area contributed by atoms with Gasteiger partial charge < -0.3 is 25.1 Å². The number of benzene rings is 1.